The minimum Gasteiger partial charge on any atom is -0.480 e. The summed E-state index contributed by atoms with van der Waals surface area (Å²) in [7, 11) is -3.84. The summed E-state index contributed by atoms with van der Waals surface area (Å²) in [6, 6.07) is 3.37. The summed E-state index contributed by atoms with van der Waals surface area (Å²) in [4.78, 5) is 28.2. The molecule has 0 bridgehead atoms. The molecular weight excluding hydrogens is 400 g/mol. The molecule has 2 aromatic rings. The number of sulfone groups is 1. The molecule has 0 fully saturated rings. The average molecular weight is 417 g/mol. The smallest absolute Gasteiger partial charge is 0.324 e. The van der Waals surface area contributed by atoms with Gasteiger partial charge in [0, 0.05) is 17.3 Å². The number of aliphatic carboxylic acids is 1. The summed E-state index contributed by atoms with van der Waals surface area (Å²) in [5.74, 6) is -1.44. The van der Waals surface area contributed by atoms with Crippen LogP contribution in [0.15, 0.2) is 27.7 Å². The molecule has 0 aliphatic rings. The Hall–Kier alpha value is -1.74. The molecule has 130 valence electrons. The van der Waals surface area contributed by atoms with Gasteiger partial charge in [-0.15, -0.1) is 0 Å². The minimum atomic E-state index is -3.84. The van der Waals surface area contributed by atoms with Crippen LogP contribution < -0.4 is 5.56 Å². The van der Waals surface area contributed by atoms with Crippen molar-refractivity contribution in [1.82, 2.24) is 9.55 Å². The lowest BCUT2D eigenvalue weighted by molar-refractivity contribution is -0.139. The minimum absolute atomic E-state index is 0.0627. The fraction of sp³-hybridized carbons (Fsp3) is 0.400. The van der Waals surface area contributed by atoms with Crippen molar-refractivity contribution in [3.8, 4) is 0 Å². The predicted octanol–water partition coefficient (Wildman–Crippen LogP) is 1.75. The lowest BCUT2D eigenvalue weighted by atomic mass is 10.1. The maximum absolute atomic E-state index is 12.5. The van der Waals surface area contributed by atoms with Crippen LogP contribution >= 0.6 is 15.9 Å². The molecule has 9 heteroatoms. The van der Waals surface area contributed by atoms with Crippen LogP contribution in [0.2, 0.25) is 0 Å². The second kappa shape index (κ2) is 6.29. The first-order valence-electron chi connectivity index (χ1n) is 7.06. The highest BCUT2D eigenvalue weighted by atomic mass is 79.9. The zero-order valence-corrected chi connectivity index (χ0v) is 15.8. The van der Waals surface area contributed by atoms with Gasteiger partial charge in [-0.25, -0.2) is 13.4 Å². The van der Waals surface area contributed by atoms with E-state index in [2.05, 4.69) is 20.9 Å². The first kappa shape index (κ1) is 18.6. The second-order valence-corrected chi connectivity index (χ2v) is 9.17. The molecule has 1 aromatic heterocycles. The van der Waals surface area contributed by atoms with Gasteiger partial charge in [-0.05, 0) is 38.0 Å². The van der Waals surface area contributed by atoms with Crippen molar-refractivity contribution in [3.05, 3.63) is 38.9 Å². The van der Waals surface area contributed by atoms with Crippen LogP contribution in [0, 0.1) is 6.92 Å². The van der Waals surface area contributed by atoms with Gasteiger partial charge in [0.05, 0.1) is 17.2 Å². The Morgan fingerprint density at radius 1 is 1.42 bits per heavy atom. The van der Waals surface area contributed by atoms with E-state index in [1.165, 1.54) is 10.9 Å². The van der Waals surface area contributed by atoms with E-state index in [4.69, 9.17) is 0 Å². The van der Waals surface area contributed by atoms with Crippen molar-refractivity contribution in [2.75, 3.05) is 6.26 Å². The number of carbonyl (C=O) groups is 1. The molecular formula is C15H17BrN2O5S. The number of nitrogens with zero attached hydrogens (tertiary/aromatic N) is 2. The van der Waals surface area contributed by atoms with E-state index in [0.29, 0.717) is 10.9 Å². The molecule has 7 nitrogen and oxygen atoms in total. The molecule has 2 rings (SSSR count). The number of halogens is 1. The zero-order chi connectivity index (χ0) is 18.3. The fourth-order valence-corrected chi connectivity index (χ4v) is 3.39. The summed E-state index contributed by atoms with van der Waals surface area (Å²) < 4.78 is 23.7. The molecule has 0 amide bonds. The van der Waals surface area contributed by atoms with Crippen LogP contribution in [-0.4, -0.2) is 40.0 Å². The summed E-state index contributed by atoms with van der Waals surface area (Å²) in [6.45, 7) is 2.91. The lowest BCUT2D eigenvalue weighted by Crippen LogP contribution is -2.44. The summed E-state index contributed by atoms with van der Waals surface area (Å²) in [5, 5.41) is 9.66. The van der Waals surface area contributed by atoms with E-state index in [-0.39, 0.29) is 18.5 Å². The molecule has 24 heavy (non-hydrogen) atoms. The van der Waals surface area contributed by atoms with Gasteiger partial charge in [0.1, 0.15) is 0 Å². The summed E-state index contributed by atoms with van der Waals surface area (Å²) in [5.41, 5.74) is 1.04. The van der Waals surface area contributed by atoms with Gasteiger partial charge in [0.2, 0.25) is 0 Å². The first-order valence-corrected chi connectivity index (χ1v) is 9.75. The van der Waals surface area contributed by atoms with Gasteiger partial charge in [-0.1, -0.05) is 15.9 Å². The number of rotatable bonds is 5. The van der Waals surface area contributed by atoms with Crippen LogP contribution in [0.25, 0.3) is 10.9 Å². The van der Waals surface area contributed by atoms with Crippen molar-refractivity contribution in [2.45, 2.75) is 31.6 Å². The van der Waals surface area contributed by atoms with Gasteiger partial charge < -0.3 is 5.11 Å². The highest BCUT2D eigenvalue weighted by molar-refractivity contribution is 9.10. The Morgan fingerprint density at radius 3 is 2.58 bits per heavy atom. The van der Waals surface area contributed by atoms with Gasteiger partial charge in [0.25, 0.3) is 5.56 Å². The molecule has 1 aromatic carbocycles. The van der Waals surface area contributed by atoms with Gasteiger partial charge in [-0.2, -0.15) is 0 Å². The summed E-state index contributed by atoms with van der Waals surface area (Å²) >= 11 is 3.37. The highest BCUT2D eigenvalue weighted by Gasteiger charge is 2.43. The number of fused-ring (bicyclic) bond motifs is 1. The van der Waals surface area contributed by atoms with E-state index in [9.17, 15) is 23.1 Å². The van der Waals surface area contributed by atoms with Gasteiger partial charge >= 0.3 is 5.97 Å². The average Bonchev–Trinajstić information content (AvgIpc) is 2.48. The van der Waals surface area contributed by atoms with Crippen LogP contribution in [0.3, 0.4) is 0 Å². The topological polar surface area (TPSA) is 106 Å². The number of aryl methyl sites for hydroxylation is 2. The Balaban J connectivity index is 2.45. The first-order chi connectivity index (χ1) is 11.0. The summed E-state index contributed by atoms with van der Waals surface area (Å²) in [6.07, 6.45) is 1.96. The number of carboxylic acids is 1. The molecule has 1 heterocycles. The van der Waals surface area contributed by atoms with E-state index in [0.717, 1.165) is 23.2 Å². The molecule has 1 atom stereocenters. The zero-order valence-electron chi connectivity index (χ0n) is 13.4. The SMILES string of the molecule is Cc1c(Br)ccc2c(=O)n(CCC(C)(C(=O)O)S(C)(=O)=O)cnc12. The van der Waals surface area contributed by atoms with Crippen molar-refractivity contribution >= 4 is 42.6 Å². The number of hydrogen-bond acceptors (Lipinski definition) is 5. The predicted molar refractivity (Wildman–Crippen MR) is 93.9 cm³/mol. The van der Waals surface area contributed by atoms with Crippen LogP contribution in [0.5, 0.6) is 0 Å². The molecule has 1 unspecified atom stereocenters. The largest absolute Gasteiger partial charge is 0.480 e. The van der Waals surface area contributed by atoms with Crippen LogP contribution in [-0.2, 0) is 21.2 Å². The molecule has 0 aliphatic heterocycles. The van der Waals surface area contributed by atoms with Crippen molar-refractivity contribution in [3.63, 3.8) is 0 Å². The standard InChI is InChI=1S/C15H17BrN2O5S/c1-9-11(16)5-4-10-12(9)17-8-18(13(10)19)7-6-15(2,14(20)21)24(3,22)23/h4-5,8H,6-7H2,1-3H3,(H,20,21). The molecule has 0 saturated carbocycles. The van der Waals surface area contributed by atoms with Crippen LogP contribution in [0.4, 0.5) is 0 Å². The van der Waals surface area contributed by atoms with Crippen molar-refractivity contribution in [2.24, 2.45) is 0 Å². The quantitative estimate of drug-likeness (QED) is 0.795. The fourth-order valence-electron chi connectivity index (χ4n) is 2.29. The Labute approximate surface area is 147 Å². The monoisotopic (exact) mass is 416 g/mol. The van der Waals surface area contributed by atoms with E-state index >= 15 is 0 Å². The van der Waals surface area contributed by atoms with Crippen molar-refractivity contribution in [1.29, 1.82) is 0 Å². The second-order valence-electron chi connectivity index (χ2n) is 5.87. The number of carboxylic acid groups (broad SMARTS) is 1. The molecule has 1 N–H and O–H groups in total. The molecule has 0 aliphatic carbocycles. The molecule has 0 saturated heterocycles. The normalized spacial score (nSPS) is 14.5. The lowest BCUT2D eigenvalue weighted by Gasteiger charge is -2.23. The van der Waals surface area contributed by atoms with Crippen LogP contribution in [0.1, 0.15) is 18.9 Å². The third-order valence-corrected chi connectivity index (χ3v) is 7.16. The molecule has 0 radical (unpaired) electrons. The number of hydrogen-bond donors (Lipinski definition) is 1. The Kier molecular flexibility index (Phi) is 4.87. The Bertz CT molecular complexity index is 983. The number of benzene rings is 1. The maximum atomic E-state index is 12.5. The van der Waals surface area contributed by atoms with E-state index in [1.54, 1.807) is 12.1 Å². The third kappa shape index (κ3) is 3.10. The van der Waals surface area contributed by atoms with E-state index in [1.807, 2.05) is 6.92 Å². The van der Waals surface area contributed by atoms with Gasteiger partial charge in [-0.3, -0.25) is 14.2 Å². The molecule has 0 spiro atoms. The maximum Gasteiger partial charge on any atom is 0.324 e. The Morgan fingerprint density at radius 2 is 2.04 bits per heavy atom. The van der Waals surface area contributed by atoms with Crippen molar-refractivity contribution < 1.29 is 18.3 Å². The third-order valence-electron chi connectivity index (χ3n) is 4.28. The number of aromatic nitrogens is 2. The van der Waals surface area contributed by atoms with Gasteiger partial charge in [0.15, 0.2) is 14.6 Å². The highest BCUT2D eigenvalue weighted by Crippen LogP contribution is 2.23. The van der Waals surface area contributed by atoms with E-state index < -0.39 is 20.6 Å².